The number of aromatic nitrogens is 2. The molecule has 96 valence electrons. The van der Waals surface area contributed by atoms with Crippen molar-refractivity contribution in [3.05, 3.63) is 72.4 Å². The summed E-state index contributed by atoms with van der Waals surface area (Å²) in [6.45, 7) is 0. The van der Waals surface area contributed by atoms with E-state index in [2.05, 4.69) is 4.98 Å². The lowest BCUT2D eigenvalue weighted by Gasteiger charge is -2.03. The molecule has 0 unspecified atom stereocenters. The molecule has 0 atom stereocenters. The van der Waals surface area contributed by atoms with E-state index >= 15 is 0 Å². The SMILES string of the molecule is N#Cc1cc(F)cc(-n2ccc(-c3ccccn3)c2)c1. The average Bonchev–Trinajstić information content (AvgIpc) is 2.97. The monoisotopic (exact) mass is 263 g/mol. The highest BCUT2D eigenvalue weighted by Crippen LogP contribution is 2.20. The molecule has 0 fully saturated rings. The van der Waals surface area contributed by atoms with Crippen molar-refractivity contribution in [1.29, 1.82) is 5.26 Å². The second kappa shape index (κ2) is 4.98. The van der Waals surface area contributed by atoms with Crippen molar-refractivity contribution < 1.29 is 4.39 Å². The smallest absolute Gasteiger partial charge is 0.126 e. The number of pyridine rings is 1. The summed E-state index contributed by atoms with van der Waals surface area (Å²) in [5, 5.41) is 8.88. The van der Waals surface area contributed by atoms with Crippen LogP contribution in [0.25, 0.3) is 16.9 Å². The number of nitriles is 1. The molecule has 4 heteroatoms. The first-order valence-corrected chi connectivity index (χ1v) is 6.07. The highest BCUT2D eigenvalue weighted by Gasteiger charge is 2.05. The van der Waals surface area contributed by atoms with Crippen molar-refractivity contribution in [2.75, 3.05) is 0 Å². The van der Waals surface area contributed by atoms with Gasteiger partial charge in [0.1, 0.15) is 5.82 Å². The second-order valence-corrected chi connectivity index (χ2v) is 4.33. The van der Waals surface area contributed by atoms with E-state index in [0.717, 1.165) is 11.3 Å². The lowest BCUT2D eigenvalue weighted by molar-refractivity contribution is 0.626. The molecule has 2 aromatic heterocycles. The molecule has 0 saturated carbocycles. The molecular weight excluding hydrogens is 253 g/mol. The summed E-state index contributed by atoms with van der Waals surface area (Å²) in [4.78, 5) is 4.27. The van der Waals surface area contributed by atoms with Crippen LogP contribution in [0.15, 0.2) is 61.1 Å². The number of rotatable bonds is 2. The molecule has 2 heterocycles. The third kappa shape index (κ3) is 2.29. The van der Waals surface area contributed by atoms with Crippen LogP contribution in [0, 0.1) is 17.1 Å². The van der Waals surface area contributed by atoms with Gasteiger partial charge in [-0.05, 0) is 36.4 Å². The number of halogens is 1. The molecule has 0 bridgehead atoms. The van der Waals surface area contributed by atoms with Crippen molar-refractivity contribution in [2.45, 2.75) is 0 Å². The third-order valence-corrected chi connectivity index (χ3v) is 2.96. The van der Waals surface area contributed by atoms with Gasteiger partial charge < -0.3 is 4.57 Å². The predicted molar refractivity (Wildman–Crippen MR) is 73.7 cm³/mol. The summed E-state index contributed by atoms with van der Waals surface area (Å²) in [5.74, 6) is -0.424. The van der Waals surface area contributed by atoms with Gasteiger partial charge in [-0.3, -0.25) is 4.98 Å². The Bertz CT molecular complexity index is 785. The highest BCUT2D eigenvalue weighted by atomic mass is 19.1. The van der Waals surface area contributed by atoms with Crippen molar-refractivity contribution in [3.63, 3.8) is 0 Å². The summed E-state index contributed by atoms with van der Waals surface area (Å²) in [6.07, 6.45) is 5.40. The molecule has 0 N–H and O–H groups in total. The Morgan fingerprint density at radius 1 is 1.15 bits per heavy atom. The fourth-order valence-electron chi connectivity index (χ4n) is 2.03. The van der Waals surface area contributed by atoms with E-state index in [1.54, 1.807) is 16.8 Å². The molecule has 3 nitrogen and oxygen atoms in total. The Morgan fingerprint density at radius 3 is 2.80 bits per heavy atom. The highest BCUT2D eigenvalue weighted by molar-refractivity contribution is 5.59. The van der Waals surface area contributed by atoms with Crippen LogP contribution in [0.4, 0.5) is 4.39 Å². The minimum absolute atomic E-state index is 0.299. The Hall–Kier alpha value is -2.93. The molecule has 0 amide bonds. The van der Waals surface area contributed by atoms with Gasteiger partial charge in [0.05, 0.1) is 17.3 Å². The third-order valence-electron chi connectivity index (χ3n) is 2.96. The number of hydrogen-bond donors (Lipinski definition) is 0. The molecule has 0 aliphatic carbocycles. The summed E-state index contributed by atoms with van der Waals surface area (Å²) < 4.78 is 15.2. The summed E-state index contributed by atoms with van der Waals surface area (Å²) in [7, 11) is 0. The van der Waals surface area contributed by atoms with Gasteiger partial charge in [-0.15, -0.1) is 0 Å². The molecule has 0 radical (unpaired) electrons. The summed E-state index contributed by atoms with van der Waals surface area (Å²) >= 11 is 0. The summed E-state index contributed by atoms with van der Waals surface area (Å²) in [6, 6.07) is 13.8. The van der Waals surface area contributed by atoms with Crippen LogP contribution in [0.1, 0.15) is 5.56 Å². The van der Waals surface area contributed by atoms with Crippen molar-refractivity contribution in [3.8, 4) is 23.0 Å². The van der Waals surface area contributed by atoms with Crippen LogP contribution >= 0.6 is 0 Å². The van der Waals surface area contributed by atoms with E-state index in [4.69, 9.17) is 5.26 Å². The second-order valence-electron chi connectivity index (χ2n) is 4.33. The fourth-order valence-corrected chi connectivity index (χ4v) is 2.03. The maximum Gasteiger partial charge on any atom is 0.126 e. The van der Waals surface area contributed by atoms with Crippen LogP contribution in [-0.2, 0) is 0 Å². The van der Waals surface area contributed by atoms with E-state index in [-0.39, 0.29) is 0 Å². The van der Waals surface area contributed by atoms with Gasteiger partial charge in [-0.1, -0.05) is 6.07 Å². The van der Waals surface area contributed by atoms with Crippen LogP contribution in [0.5, 0.6) is 0 Å². The van der Waals surface area contributed by atoms with Crippen LogP contribution < -0.4 is 0 Å². The van der Waals surface area contributed by atoms with E-state index in [1.807, 2.05) is 42.7 Å². The molecule has 3 aromatic rings. The van der Waals surface area contributed by atoms with Gasteiger partial charge in [-0.25, -0.2) is 4.39 Å². The van der Waals surface area contributed by atoms with Gasteiger partial charge in [0, 0.05) is 29.8 Å². The van der Waals surface area contributed by atoms with Crippen LogP contribution in [-0.4, -0.2) is 9.55 Å². The predicted octanol–water partition coefficient (Wildman–Crippen LogP) is 3.55. The zero-order valence-corrected chi connectivity index (χ0v) is 10.5. The van der Waals surface area contributed by atoms with Crippen molar-refractivity contribution in [1.82, 2.24) is 9.55 Å². The average molecular weight is 263 g/mol. The molecule has 3 rings (SSSR count). The maximum atomic E-state index is 13.5. The molecular formula is C16H10FN3. The standard InChI is InChI=1S/C16H10FN3/c17-14-7-12(10-18)8-15(9-14)20-6-4-13(11-20)16-3-1-2-5-19-16/h1-9,11H. The van der Waals surface area contributed by atoms with Gasteiger partial charge >= 0.3 is 0 Å². The fraction of sp³-hybridized carbons (Fsp3) is 0. The van der Waals surface area contributed by atoms with Gasteiger partial charge in [0.15, 0.2) is 0 Å². The Labute approximate surface area is 115 Å². The van der Waals surface area contributed by atoms with E-state index in [9.17, 15) is 4.39 Å². The van der Waals surface area contributed by atoms with Crippen molar-refractivity contribution in [2.24, 2.45) is 0 Å². The molecule has 0 aliphatic heterocycles. The normalized spacial score (nSPS) is 10.2. The molecule has 0 spiro atoms. The molecule has 1 aromatic carbocycles. The molecule has 20 heavy (non-hydrogen) atoms. The zero-order valence-electron chi connectivity index (χ0n) is 10.5. The molecule has 0 aliphatic rings. The Balaban J connectivity index is 2.03. The zero-order chi connectivity index (χ0) is 13.9. The minimum Gasteiger partial charge on any atom is -0.323 e. The van der Waals surface area contributed by atoms with Crippen molar-refractivity contribution >= 4 is 0 Å². The minimum atomic E-state index is -0.424. The van der Waals surface area contributed by atoms with Gasteiger partial charge in [0.25, 0.3) is 0 Å². The first kappa shape index (κ1) is 12.1. The van der Waals surface area contributed by atoms with E-state index < -0.39 is 5.82 Å². The lowest BCUT2D eigenvalue weighted by Crippen LogP contribution is -1.92. The Morgan fingerprint density at radius 2 is 2.05 bits per heavy atom. The quantitative estimate of drug-likeness (QED) is 0.709. The number of benzene rings is 1. The maximum absolute atomic E-state index is 13.5. The van der Waals surface area contributed by atoms with Crippen LogP contribution in [0.3, 0.4) is 0 Å². The molecule has 0 saturated heterocycles. The summed E-state index contributed by atoms with van der Waals surface area (Å²) in [5.41, 5.74) is 2.70. The first-order chi connectivity index (χ1) is 9.76. The van der Waals surface area contributed by atoms with Gasteiger partial charge in [-0.2, -0.15) is 5.26 Å². The van der Waals surface area contributed by atoms with E-state index in [0.29, 0.717) is 11.3 Å². The number of nitrogens with zero attached hydrogens (tertiary/aromatic N) is 3. The Kier molecular flexibility index (Phi) is 3.02. The largest absolute Gasteiger partial charge is 0.323 e. The lowest BCUT2D eigenvalue weighted by atomic mass is 10.2. The number of hydrogen-bond acceptors (Lipinski definition) is 2. The first-order valence-electron chi connectivity index (χ1n) is 6.07. The topological polar surface area (TPSA) is 41.6 Å². The van der Waals surface area contributed by atoms with Crippen LogP contribution in [0.2, 0.25) is 0 Å². The van der Waals surface area contributed by atoms with Gasteiger partial charge in [0.2, 0.25) is 0 Å². The van der Waals surface area contributed by atoms with E-state index in [1.165, 1.54) is 12.1 Å².